The number of anilines is 1. The molecule has 8 heteroatoms. The molecule has 0 bridgehead atoms. The second kappa shape index (κ2) is 9.70. The lowest BCUT2D eigenvalue weighted by atomic mass is 10.0. The van der Waals surface area contributed by atoms with Crippen molar-refractivity contribution in [2.45, 2.75) is 24.3 Å². The number of para-hydroxylation sites is 1. The van der Waals surface area contributed by atoms with Gasteiger partial charge in [0.05, 0.1) is 20.8 Å². The normalized spacial score (nSPS) is 14.1. The second-order valence-electron chi connectivity index (χ2n) is 9.17. The number of rotatable bonds is 5. The van der Waals surface area contributed by atoms with Crippen molar-refractivity contribution < 1.29 is 13.2 Å². The molecule has 0 N–H and O–H groups in total. The Hall–Kier alpha value is -4.01. The van der Waals surface area contributed by atoms with Crippen molar-refractivity contribution in [1.29, 1.82) is 0 Å². The molecule has 2 heterocycles. The fourth-order valence-electron chi connectivity index (χ4n) is 4.99. The van der Waals surface area contributed by atoms with E-state index in [1.807, 2.05) is 47.0 Å². The van der Waals surface area contributed by atoms with Crippen molar-refractivity contribution in [2.75, 3.05) is 10.8 Å². The first kappa shape index (κ1) is 24.3. The summed E-state index contributed by atoms with van der Waals surface area (Å²) in [4.78, 5) is 18.3. The summed E-state index contributed by atoms with van der Waals surface area (Å²) in [5.74, 6) is -0.425. The molecule has 6 nitrogen and oxygen atoms in total. The summed E-state index contributed by atoms with van der Waals surface area (Å²) >= 11 is 1.46. The maximum atomic E-state index is 13.5. The summed E-state index contributed by atoms with van der Waals surface area (Å²) in [5.41, 5.74) is 3.06. The Morgan fingerprint density at radius 3 is 2.55 bits per heavy atom. The van der Waals surface area contributed by atoms with E-state index < -0.39 is 15.9 Å². The SMILES string of the molecule is C=CCn1c(=NC(=O)c2ccc(S(=O)(=O)N3CCCc4ccccc43)cc2)sc2c3ccccc3ccc21. The Morgan fingerprint density at radius 2 is 1.74 bits per heavy atom. The molecular formula is C30H25N3O3S2. The fraction of sp³-hybridized carbons (Fsp3) is 0.133. The zero-order chi connectivity index (χ0) is 26.3. The van der Waals surface area contributed by atoms with Gasteiger partial charge in [0.2, 0.25) is 0 Å². The van der Waals surface area contributed by atoms with Crippen molar-refractivity contribution >= 4 is 53.9 Å². The molecule has 0 spiro atoms. The highest BCUT2D eigenvalue weighted by atomic mass is 32.2. The Labute approximate surface area is 224 Å². The van der Waals surface area contributed by atoms with Gasteiger partial charge in [0.1, 0.15) is 0 Å². The number of sulfonamides is 1. The van der Waals surface area contributed by atoms with Crippen LogP contribution in [0.2, 0.25) is 0 Å². The van der Waals surface area contributed by atoms with Crippen LogP contribution in [0, 0.1) is 0 Å². The topological polar surface area (TPSA) is 71.7 Å². The number of carbonyl (C=O) groups excluding carboxylic acids is 1. The van der Waals surface area contributed by atoms with Gasteiger partial charge in [-0.15, -0.1) is 6.58 Å². The van der Waals surface area contributed by atoms with E-state index in [1.165, 1.54) is 39.9 Å². The third-order valence-electron chi connectivity index (χ3n) is 6.84. The molecule has 0 aliphatic carbocycles. The molecule has 0 fully saturated rings. The molecule has 1 amide bonds. The average molecular weight is 540 g/mol. The molecule has 1 aromatic heterocycles. The smallest absolute Gasteiger partial charge is 0.279 e. The number of allylic oxidation sites excluding steroid dienone is 1. The molecule has 190 valence electrons. The van der Waals surface area contributed by atoms with Crippen molar-refractivity contribution in [3.05, 3.63) is 114 Å². The zero-order valence-electron chi connectivity index (χ0n) is 20.6. The molecule has 0 unspecified atom stereocenters. The predicted molar refractivity (Wildman–Crippen MR) is 153 cm³/mol. The minimum atomic E-state index is -3.75. The van der Waals surface area contributed by atoms with Crippen LogP contribution in [0.15, 0.2) is 107 Å². The van der Waals surface area contributed by atoms with Crippen molar-refractivity contribution in [1.82, 2.24) is 4.57 Å². The first-order valence-corrected chi connectivity index (χ1v) is 14.6. The van der Waals surface area contributed by atoms with Crippen molar-refractivity contribution in [2.24, 2.45) is 4.99 Å². The molecule has 38 heavy (non-hydrogen) atoms. The first-order valence-electron chi connectivity index (χ1n) is 12.4. The van der Waals surface area contributed by atoms with Crippen LogP contribution in [-0.2, 0) is 23.0 Å². The van der Waals surface area contributed by atoms with Gasteiger partial charge in [0.15, 0.2) is 4.80 Å². The van der Waals surface area contributed by atoms with Crippen LogP contribution in [-0.4, -0.2) is 25.4 Å². The number of fused-ring (bicyclic) bond motifs is 4. The van der Waals surface area contributed by atoms with Gasteiger partial charge in [-0.2, -0.15) is 4.99 Å². The lowest BCUT2D eigenvalue weighted by Crippen LogP contribution is -2.35. The number of thiazole rings is 1. The van der Waals surface area contributed by atoms with Crippen LogP contribution < -0.4 is 9.11 Å². The molecule has 6 rings (SSSR count). The van der Waals surface area contributed by atoms with Crippen molar-refractivity contribution in [3.8, 4) is 0 Å². The summed E-state index contributed by atoms with van der Waals surface area (Å²) in [6.45, 7) is 4.81. The summed E-state index contributed by atoms with van der Waals surface area (Å²) in [6.07, 6.45) is 3.40. The van der Waals surface area contributed by atoms with Crippen LogP contribution in [0.5, 0.6) is 0 Å². The fourth-order valence-corrected chi connectivity index (χ4v) is 7.70. The summed E-state index contributed by atoms with van der Waals surface area (Å²) in [7, 11) is -3.75. The lowest BCUT2D eigenvalue weighted by Gasteiger charge is -2.30. The van der Waals surface area contributed by atoms with E-state index in [-0.39, 0.29) is 4.90 Å². The Morgan fingerprint density at radius 1 is 0.974 bits per heavy atom. The van der Waals surface area contributed by atoms with E-state index in [4.69, 9.17) is 0 Å². The highest BCUT2D eigenvalue weighted by Crippen LogP contribution is 2.32. The van der Waals surface area contributed by atoms with Gasteiger partial charge in [-0.05, 0) is 60.2 Å². The number of nitrogens with zero attached hydrogens (tertiary/aromatic N) is 3. The lowest BCUT2D eigenvalue weighted by molar-refractivity contribution is 0.0998. The molecule has 5 aromatic rings. The highest BCUT2D eigenvalue weighted by Gasteiger charge is 2.29. The van der Waals surface area contributed by atoms with Crippen LogP contribution >= 0.6 is 11.3 Å². The number of carbonyl (C=O) groups is 1. The Balaban J connectivity index is 1.36. The predicted octanol–water partition coefficient (Wildman–Crippen LogP) is 5.92. The molecule has 0 saturated heterocycles. The van der Waals surface area contributed by atoms with E-state index in [0.717, 1.165) is 45.1 Å². The summed E-state index contributed by atoms with van der Waals surface area (Å²) in [6, 6.07) is 25.9. The number of hydrogen-bond acceptors (Lipinski definition) is 4. The van der Waals surface area contributed by atoms with Crippen molar-refractivity contribution in [3.63, 3.8) is 0 Å². The molecule has 1 aliphatic rings. The van der Waals surface area contributed by atoms with Gasteiger partial charge in [-0.25, -0.2) is 8.42 Å². The van der Waals surface area contributed by atoms with E-state index in [2.05, 4.69) is 29.8 Å². The van der Waals surface area contributed by atoms with Gasteiger partial charge in [-0.1, -0.05) is 65.9 Å². The third kappa shape index (κ3) is 4.15. The van der Waals surface area contributed by atoms with E-state index in [1.54, 1.807) is 6.08 Å². The van der Waals surface area contributed by atoms with Crippen LogP contribution in [0.3, 0.4) is 0 Å². The summed E-state index contributed by atoms with van der Waals surface area (Å²) < 4.78 is 31.4. The Kier molecular flexibility index (Phi) is 6.21. The maximum Gasteiger partial charge on any atom is 0.279 e. The monoisotopic (exact) mass is 539 g/mol. The van der Waals surface area contributed by atoms with Crippen LogP contribution in [0.25, 0.3) is 21.0 Å². The molecule has 0 radical (unpaired) electrons. The number of benzene rings is 4. The standard InChI is InChI=1S/C30H25N3O3S2/c1-2-19-32-27-18-15-21-8-3-5-11-25(21)28(27)37-30(32)31-29(34)23-13-16-24(17-14-23)38(35,36)33-20-7-10-22-9-4-6-12-26(22)33/h2-6,8-9,11-18H,1,7,10,19-20H2. The Bertz CT molecular complexity index is 1880. The molecule has 0 saturated carbocycles. The van der Waals surface area contributed by atoms with E-state index in [0.29, 0.717) is 23.5 Å². The molecular weight excluding hydrogens is 514 g/mol. The highest BCUT2D eigenvalue weighted by molar-refractivity contribution is 7.92. The summed E-state index contributed by atoms with van der Waals surface area (Å²) in [5, 5.41) is 2.23. The number of hydrogen-bond donors (Lipinski definition) is 0. The maximum absolute atomic E-state index is 13.5. The van der Waals surface area contributed by atoms with Gasteiger partial charge in [0.25, 0.3) is 15.9 Å². The molecule has 0 atom stereocenters. The average Bonchev–Trinajstić information content (AvgIpc) is 3.30. The van der Waals surface area contributed by atoms with E-state index >= 15 is 0 Å². The minimum absolute atomic E-state index is 0.154. The third-order valence-corrected chi connectivity index (χ3v) is 9.79. The quantitative estimate of drug-likeness (QED) is 0.260. The van der Waals surface area contributed by atoms with Gasteiger partial charge in [-0.3, -0.25) is 9.10 Å². The van der Waals surface area contributed by atoms with Crippen LogP contribution in [0.4, 0.5) is 5.69 Å². The van der Waals surface area contributed by atoms with Crippen LogP contribution in [0.1, 0.15) is 22.3 Å². The largest absolute Gasteiger partial charge is 0.312 e. The number of aryl methyl sites for hydroxylation is 1. The minimum Gasteiger partial charge on any atom is -0.312 e. The van der Waals surface area contributed by atoms with Gasteiger partial charge >= 0.3 is 0 Å². The number of amides is 1. The van der Waals surface area contributed by atoms with Gasteiger partial charge < -0.3 is 4.57 Å². The molecule has 4 aromatic carbocycles. The zero-order valence-corrected chi connectivity index (χ0v) is 22.2. The van der Waals surface area contributed by atoms with E-state index in [9.17, 15) is 13.2 Å². The second-order valence-corrected chi connectivity index (χ2v) is 12.0. The first-order chi connectivity index (χ1) is 18.5. The van der Waals surface area contributed by atoms with Gasteiger partial charge in [0, 0.05) is 24.0 Å². The number of aromatic nitrogens is 1. The molecule has 1 aliphatic heterocycles.